The van der Waals surface area contributed by atoms with Crippen LogP contribution in [0.5, 0.6) is 0 Å². The minimum atomic E-state index is -0.936. The number of rotatable bonds is 12. The zero-order valence-corrected chi connectivity index (χ0v) is 21.2. The van der Waals surface area contributed by atoms with Crippen molar-refractivity contribution in [3.05, 3.63) is 59.2 Å². The number of fused-ring (bicyclic) bond motifs is 1. The van der Waals surface area contributed by atoms with E-state index in [2.05, 4.69) is 15.3 Å². The second-order valence-corrected chi connectivity index (χ2v) is 8.49. The largest absolute Gasteiger partial charge is 0.466 e. The molecule has 10 nitrogen and oxygen atoms in total. The molecule has 1 amide bonds. The maximum atomic E-state index is 12.7. The molecule has 0 spiro atoms. The first-order valence-corrected chi connectivity index (χ1v) is 12.3. The van der Waals surface area contributed by atoms with Gasteiger partial charge in [0.05, 0.1) is 18.7 Å². The minimum absolute atomic E-state index is 0.00141. The summed E-state index contributed by atoms with van der Waals surface area (Å²) in [4.78, 5) is 44.9. The third kappa shape index (κ3) is 7.89. The van der Waals surface area contributed by atoms with Crippen molar-refractivity contribution in [2.45, 2.75) is 52.0 Å². The predicted octanol–water partition coefficient (Wildman–Crippen LogP) is 2.97. The Morgan fingerprint density at radius 3 is 2.30 bits per heavy atom. The van der Waals surface area contributed by atoms with Crippen LogP contribution in [0.25, 0.3) is 10.9 Å². The van der Waals surface area contributed by atoms with Gasteiger partial charge >= 0.3 is 11.9 Å². The summed E-state index contributed by atoms with van der Waals surface area (Å²) in [5.74, 6) is -0.903. The van der Waals surface area contributed by atoms with E-state index in [1.165, 1.54) is 0 Å². The van der Waals surface area contributed by atoms with Gasteiger partial charge < -0.3 is 26.3 Å². The summed E-state index contributed by atoms with van der Waals surface area (Å²) in [5.41, 5.74) is 15.0. The Morgan fingerprint density at radius 2 is 1.59 bits per heavy atom. The molecule has 3 rings (SSSR count). The van der Waals surface area contributed by atoms with Gasteiger partial charge in [-0.05, 0) is 74.9 Å². The zero-order chi connectivity index (χ0) is 26.8. The average molecular weight is 508 g/mol. The second kappa shape index (κ2) is 13.2. The maximum absolute atomic E-state index is 12.7. The number of ether oxygens (including phenoxy) is 2. The van der Waals surface area contributed by atoms with Gasteiger partial charge in [-0.3, -0.25) is 9.59 Å². The van der Waals surface area contributed by atoms with E-state index in [1.54, 1.807) is 26.0 Å². The van der Waals surface area contributed by atoms with Gasteiger partial charge in [0.15, 0.2) is 0 Å². The lowest BCUT2D eigenvalue weighted by atomic mass is 10.0. The fraction of sp³-hybridized carbons (Fsp3) is 0.370. The molecule has 37 heavy (non-hydrogen) atoms. The molecule has 0 radical (unpaired) electrons. The monoisotopic (exact) mass is 507 g/mol. The molecule has 0 aliphatic carbocycles. The van der Waals surface area contributed by atoms with E-state index < -0.39 is 23.9 Å². The number of benzene rings is 2. The lowest BCUT2D eigenvalue weighted by Crippen LogP contribution is -2.42. The Bertz CT molecular complexity index is 1250. The molecular formula is C27H33N5O5. The molecule has 196 valence electrons. The number of hydrogen-bond donors (Lipinski definition) is 3. The van der Waals surface area contributed by atoms with Gasteiger partial charge in [0.25, 0.3) is 5.91 Å². The van der Waals surface area contributed by atoms with Crippen molar-refractivity contribution in [3.8, 4) is 0 Å². The zero-order valence-electron chi connectivity index (χ0n) is 21.2. The smallest absolute Gasteiger partial charge is 0.328 e. The van der Waals surface area contributed by atoms with Crippen molar-refractivity contribution in [2.75, 3.05) is 24.7 Å². The van der Waals surface area contributed by atoms with Crippen LogP contribution in [0.4, 0.5) is 11.8 Å². The number of nitrogens with zero attached hydrogens (tertiary/aromatic N) is 2. The summed E-state index contributed by atoms with van der Waals surface area (Å²) < 4.78 is 9.95. The van der Waals surface area contributed by atoms with Gasteiger partial charge in [0, 0.05) is 17.4 Å². The highest BCUT2D eigenvalue weighted by molar-refractivity contribution is 5.97. The minimum Gasteiger partial charge on any atom is -0.466 e. The SMILES string of the molecule is CCOC(=O)CC[C@H](NC(=O)c1ccc(CCCc2ccc3nc(N)nc(N)c3c2)cc1)C(=O)OCC. The van der Waals surface area contributed by atoms with Crippen LogP contribution in [-0.2, 0) is 31.9 Å². The molecule has 5 N–H and O–H groups in total. The Kier molecular flexibility index (Phi) is 9.76. The number of nitrogen functional groups attached to an aromatic ring is 2. The highest BCUT2D eigenvalue weighted by atomic mass is 16.5. The van der Waals surface area contributed by atoms with Crippen LogP contribution in [-0.4, -0.2) is 47.1 Å². The number of aromatic nitrogens is 2. The van der Waals surface area contributed by atoms with Gasteiger partial charge in [-0.25, -0.2) is 9.78 Å². The van der Waals surface area contributed by atoms with Crippen molar-refractivity contribution in [2.24, 2.45) is 0 Å². The van der Waals surface area contributed by atoms with Crippen LogP contribution >= 0.6 is 0 Å². The number of anilines is 2. The summed E-state index contributed by atoms with van der Waals surface area (Å²) in [6, 6.07) is 12.2. The van der Waals surface area contributed by atoms with E-state index in [1.807, 2.05) is 30.3 Å². The molecule has 0 aliphatic rings. The molecule has 10 heteroatoms. The normalized spacial score (nSPS) is 11.6. The summed E-state index contributed by atoms with van der Waals surface area (Å²) in [7, 11) is 0. The second-order valence-electron chi connectivity index (χ2n) is 8.49. The van der Waals surface area contributed by atoms with Crippen molar-refractivity contribution in [3.63, 3.8) is 0 Å². The van der Waals surface area contributed by atoms with E-state index in [4.69, 9.17) is 20.9 Å². The van der Waals surface area contributed by atoms with Crippen LogP contribution in [0.1, 0.15) is 54.6 Å². The quantitative estimate of drug-likeness (QED) is 0.313. The first-order valence-electron chi connectivity index (χ1n) is 12.3. The molecule has 1 aromatic heterocycles. The lowest BCUT2D eigenvalue weighted by Gasteiger charge is -2.17. The van der Waals surface area contributed by atoms with Crippen molar-refractivity contribution < 1.29 is 23.9 Å². The molecule has 0 saturated carbocycles. The highest BCUT2D eigenvalue weighted by Crippen LogP contribution is 2.21. The fourth-order valence-electron chi connectivity index (χ4n) is 3.92. The van der Waals surface area contributed by atoms with Crippen LogP contribution < -0.4 is 16.8 Å². The van der Waals surface area contributed by atoms with Gasteiger partial charge in [-0.15, -0.1) is 0 Å². The van der Waals surface area contributed by atoms with Crippen molar-refractivity contribution in [1.82, 2.24) is 15.3 Å². The first kappa shape index (κ1) is 27.4. The third-order valence-electron chi connectivity index (χ3n) is 5.77. The molecule has 0 unspecified atom stereocenters. The molecule has 0 fully saturated rings. The lowest BCUT2D eigenvalue weighted by molar-refractivity contribution is -0.146. The van der Waals surface area contributed by atoms with E-state index in [0.717, 1.165) is 35.8 Å². The predicted molar refractivity (Wildman–Crippen MR) is 141 cm³/mol. The van der Waals surface area contributed by atoms with E-state index in [0.29, 0.717) is 16.9 Å². The van der Waals surface area contributed by atoms with Gasteiger partial charge in [0.1, 0.15) is 11.9 Å². The molecule has 0 aliphatic heterocycles. The summed E-state index contributed by atoms with van der Waals surface area (Å²) in [6.45, 7) is 3.82. The Balaban J connectivity index is 1.55. The molecule has 0 bridgehead atoms. The topological polar surface area (TPSA) is 160 Å². The molecule has 2 aromatic carbocycles. The van der Waals surface area contributed by atoms with E-state index >= 15 is 0 Å². The van der Waals surface area contributed by atoms with Crippen LogP contribution in [0.3, 0.4) is 0 Å². The summed E-state index contributed by atoms with van der Waals surface area (Å²) in [5, 5.41) is 3.46. The standard InChI is InChI=1S/C27H33N5O5/c1-3-36-23(33)15-14-22(26(35)37-4-2)30-25(34)19-11-8-17(9-12-19)6-5-7-18-10-13-21-20(16-18)24(28)32-27(29)31-21/h8-13,16,22H,3-7,14-15H2,1-2H3,(H,30,34)(H4,28,29,31,32)/t22-/m0/s1. The molecule has 1 atom stereocenters. The molecule has 0 saturated heterocycles. The Morgan fingerprint density at radius 1 is 0.919 bits per heavy atom. The number of nitrogens with two attached hydrogens (primary N) is 2. The van der Waals surface area contributed by atoms with Gasteiger partial charge in [-0.2, -0.15) is 4.98 Å². The molecular weight excluding hydrogens is 474 g/mol. The third-order valence-corrected chi connectivity index (χ3v) is 5.77. The number of aryl methyl sites for hydroxylation is 2. The Hall–Kier alpha value is -4.21. The number of esters is 2. The molecule has 3 aromatic rings. The molecule has 1 heterocycles. The van der Waals surface area contributed by atoms with E-state index in [-0.39, 0.29) is 32.0 Å². The number of nitrogens with one attached hydrogen (secondary N) is 1. The van der Waals surface area contributed by atoms with E-state index in [9.17, 15) is 14.4 Å². The van der Waals surface area contributed by atoms with Gasteiger partial charge in [0.2, 0.25) is 5.95 Å². The fourth-order valence-corrected chi connectivity index (χ4v) is 3.92. The number of amides is 1. The Labute approximate surface area is 215 Å². The first-order chi connectivity index (χ1) is 17.8. The van der Waals surface area contributed by atoms with Crippen LogP contribution in [0, 0.1) is 0 Å². The summed E-state index contributed by atoms with van der Waals surface area (Å²) in [6.07, 6.45) is 2.65. The summed E-state index contributed by atoms with van der Waals surface area (Å²) >= 11 is 0. The number of hydrogen-bond acceptors (Lipinski definition) is 9. The van der Waals surface area contributed by atoms with Crippen LogP contribution in [0.15, 0.2) is 42.5 Å². The number of carbonyl (C=O) groups excluding carboxylic acids is 3. The van der Waals surface area contributed by atoms with Crippen molar-refractivity contribution >= 4 is 40.5 Å². The van der Waals surface area contributed by atoms with Gasteiger partial charge in [-0.1, -0.05) is 18.2 Å². The van der Waals surface area contributed by atoms with Crippen LogP contribution in [0.2, 0.25) is 0 Å². The average Bonchev–Trinajstić information content (AvgIpc) is 2.87. The van der Waals surface area contributed by atoms with Crippen molar-refractivity contribution in [1.29, 1.82) is 0 Å². The highest BCUT2D eigenvalue weighted by Gasteiger charge is 2.24. The maximum Gasteiger partial charge on any atom is 0.328 e. The number of carbonyl (C=O) groups is 3.